The quantitative estimate of drug-likeness (QED) is 0.426. The molecule has 31 heavy (non-hydrogen) atoms. The SMILES string of the molecule is CC[C@@H](Sc1nnc2c3ccccc3n(C)c2n1)C(=O)Nc1ccc(S(N)(=O)=O)cc1. The molecule has 2 heterocycles. The highest BCUT2D eigenvalue weighted by Crippen LogP contribution is 2.28. The molecule has 0 radical (unpaired) electrons. The average molecular weight is 457 g/mol. The molecule has 2 aromatic carbocycles. The van der Waals surface area contributed by atoms with Gasteiger partial charge < -0.3 is 9.88 Å². The summed E-state index contributed by atoms with van der Waals surface area (Å²) in [6.07, 6.45) is 0.544. The van der Waals surface area contributed by atoms with Gasteiger partial charge >= 0.3 is 0 Å². The lowest BCUT2D eigenvalue weighted by molar-refractivity contribution is -0.115. The third-order valence-electron chi connectivity index (χ3n) is 4.85. The minimum absolute atomic E-state index is 0.0188. The van der Waals surface area contributed by atoms with E-state index >= 15 is 0 Å². The van der Waals surface area contributed by atoms with Crippen molar-refractivity contribution in [2.24, 2.45) is 12.2 Å². The lowest BCUT2D eigenvalue weighted by Gasteiger charge is -2.14. The first-order valence-electron chi connectivity index (χ1n) is 9.46. The molecule has 9 nitrogen and oxygen atoms in total. The Kier molecular flexibility index (Phi) is 5.65. The van der Waals surface area contributed by atoms with Crippen molar-refractivity contribution in [3.05, 3.63) is 48.5 Å². The molecule has 0 saturated heterocycles. The highest BCUT2D eigenvalue weighted by atomic mass is 32.2. The predicted molar refractivity (Wildman–Crippen MR) is 120 cm³/mol. The molecule has 0 unspecified atom stereocenters. The van der Waals surface area contributed by atoms with Gasteiger partial charge in [-0.1, -0.05) is 36.9 Å². The van der Waals surface area contributed by atoms with Crippen molar-refractivity contribution in [2.45, 2.75) is 28.6 Å². The van der Waals surface area contributed by atoms with Crippen molar-refractivity contribution < 1.29 is 13.2 Å². The van der Waals surface area contributed by atoms with Gasteiger partial charge in [-0.3, -0.25) is 4.79 Å². The van der Waals surface area contributed by atoms with Crippen molar-refractivity contribution in [3.8, 4) is 0 Å². The van der Waals surface area contributed by atoms with Gasteiger partial charge in [0, 0.05) is 18.1 Å². The Morgan fingerprint density at radius 3 is 2.55 bits per heavy atom. The molecular formula is C20H20N6O3S2. The van der Waals surface area contributed by atoms with Gasteiger partial charge in [0.2, 0.25) is 21.1 Å². The molecule has 2 aromatic heterocycles. The summed E-state index contributed by atoms with van der Waals surface area (Å²) in [7, 11) is -1.86. The summed E-state index contributed by atoms with van der Waals surface area (Å²) in [6, 6.07) is 13.6. The van der Waals surface area contributed by atoms with Gasteiger partial charge in [-0.15, -0.1) is 10.2 Å². The van der Waals surface area contributed by atoms with E-state index in [4.69, 9.17) is 5.14 Å². The van der Waals surface area contributed by atoms with Crippen LogP contribution >= 0.6 is 11.8 Å². The number of hydrogen-bond donors (Lipinski definition) is 2. The molecule has 4 aromatic rings. The first kappa shape index (κ1) is 21.2. The van der Waals surface area contributed by atoms with Crippen molar-refractivity contribution in [2.75, 3.05) is 5.32 Å². The van der Waals surface area contributed by atoms with E-state index in [1.807, 2.05) is 42.8 Å². The standard InChI is InChI=1S/C20H20N6O3S2/c1-3-16(19(27)22-12-8-10-13(11-9-12)31(21,28)29)30-20-23-18-17(24-25-20)14-6-4-5-7-15(14)26(18)2/h4-11,16H,3H2,1-2H3,(H,22,27)(H2,21,28,29)/t16-/m1/s1. The molecule has 11 heteroatoms. The molecule has 0 fully saturated rings. The summed E-state index contributed by atoms with van der Waals surface area (Å²) in [6.45, 7) is 1.89. The number of aryl methyl sites for hydroxylation is 1. The number of benzene rings is 2. The van der Waals surface area contributed by atoms with Crippen molar-refractivity contribution in [1.29, 1.82) is 0 Å². The number of carbonyl (C=O) groups excluding carboxylic acids is 1. The third-order valence-corrected chi connectivity index (χ3v) is 6.99. The molecule has 0 aliphatic rings. The largest absolute Gasteiger partial charge is 0.327 e. The number of anilines is 1. The molecule has 0 saturated carbocycles. The molecule has 160 valence electrons. The number of nitrogens with zero attached hydrogens (tertiary/aromatic N) is 4. The topological polar surface area (TPSA) is 133 Å². The highest BCUT2D eigenvalue weighted by molar-refractivity contribution is 8.00. The van der Waals surface area contributed by atoms with E-state index in [0.29, 0.717) is 22.9 Å². The zero-order valence-corrected chi connectivity index (χ0v) is 18.4. The van der Waals surface area contributed by atoms with Gasteiger partial charge in [-0.25, -0.2) is 18.5 Å². The van der Waals surface area contributed by atoms with Gasteiger partial charge in [-0.2, -0.15) is 0 Å². The lowest BCUT2D eigenvalue weighted by atomic mass is 10.2. The molecule has 0 aliphatic heterocycles. The number of rotatable bonds is 6. The van der Waals surface area contributed by atoms with Crippen LogP contribution in [0.4, 0.5) is 5.69 Å². The summed E-state index contributed by atoms with van der Waals surface area (Å²) < 4.78 is 24.7. The number of fused-ring (bicyclic) bond motifs is 3. The number of sulfonamides is 1. The Morgan fingerprint density at radius 2 is 1.87 bits per heavy atom. The predicted octanol–water partition coefficient (Wildman–Crippen LogP) is 2.67. The molecular weight excluding hydrogens is 436 g/mol. The Bertz CT molecular complexity index is 1380. The Morgan fingerprint density at radius 1 is 1.16 bits per heavy atom. The van der Waals surface area contributed by atoms with Crippen LogP contribution in [-0.4, -0.2) is 39.3 Å². The Balaban J connectivity index is 1.54. The van der Waals surface area contributed by atoms with Crippen molar-refractivity contribution >= 4 is 55.4 Å². The minimum Gasteiger partial charge on any atom is -0.327 e. The monoisotopic (exact) mass is 456 g/mol. The fraction of sp³-hybridized carbons (Fsp3) is 0.200. The van der Waals surface area contributed by atoms with Crippen LogP contribution in [0.15, 0.2) is 58.6 Å². The van der Waals surface area contributed by atoms with E-state index in [0.717, 1.165) is 16.4 Å². The maximum Gasteiger partial charge on any atom is 0.238 e. The first-order valence-corrected chi connectivity index (χ1v) is 11.9. The van der Waals surface area contributed by atoms with Gasteiger partial charge in [0.05, 0.1) is 15.7 Å². The van der Waals surface area contributed by atoms with Crippen LogP contribution in [0.2, 0.25) is 0 Å². The molecule has 0 spiro atoms. The van der Waals surface area contributed by atoms with Crippen LogP contribution in [0.1, 0.15) is 13.3 Å². The average Bonchev–Trinajstić information content (AvgIpc) is 3.03. The number of carbonyl (C=O) groups is 1. The third kappa shape index (κ3) is 4.24. The molecule has 1 atom stereocenters. The summed E-state index contributed by atoms with van der Waals surface area (Å²) in [5.41, 5.74) is 2.90. The maximum absolute atomic E-state index is 12.7. The van der Waals surface area contributed by atoms with E-state index in [9.17, 15) is 13.2 Å². The van der Waals surface area contributed by atoms with E-state index in [-0.39, 0.29) is 10.8 Å². The van der Waals surface area contributed by atoms with Crippen LogP contribution in [0.5, 0.6) is 0 Å². The second-order valence-electron chi connectivity index (χ2n) is 6.92. The van der Waals surface area contributed by atoms with Crippen LogP contribution in [-0.2, 0) is 21.9 Å². The summed E-state index contributed by atoms with van der Waals surface area (Å²) in [5.74, 6) is -0.239. The number of nitrogens with two attached hydrogens (primary N) is 1. The van der Waals surface area contributed by atoms with E-state index in [1.54, 1.807) is 0 Å². The molecule has 3 N–H and O–H groups in total. The summed E-state index contributed by atoms with van der Waals surface area (Å²) in [4.78, 5) is 17.3. The number of hydrogen-bond acceptors (Lipinski definition) is 7. The van der Waals surface area contributed by atoms with Crippen LogP contribution < -0.4 is 10.5 Å². The molecule has 4 rings (SSSR count). The number of primary sulfonamides is 1. The number of aromatic nitrogens is 4. The van der Waals surface area contributed by atoms with Gasteiger partial charge in [-0.05, 0) is 36.8 Å². The fourth-order valence-electron chi connectivity index (χ4n) is 3.24. The number of amides is 1. The van der Waals surface area contributed by atoms with Gasteiger partial charge in [0.25, 0.3) is 0 Å². The number of para-hydroxylation sites is 1. The minimum atomic E-state index is -3.78. The van der Waals surface area contributed by atoms with Gasteiger partial charge in [0.1, 0.15) is 5.52 Å². The second kappa shape index (κ2) is 8.25. The normalized spacial score (nSPS) is 12.9. The maximum atomic E-state index is 12.7. The molecule has 1 amide bonds. The van der Waals surface area contributed by atoms with E-state index in [2.05, 4.69) is 20.5 Å². The first-order chi connectivity index (χ1) is 14.8. The Labute approximate surface area is 183 Å². The van der Waals surface area contributed by atoms with Crippen molar-refractivity contribution in [1.82, 2.24) is 19.7 Å². The second-order valence-corrected chi connectivity index (χ2v) is 9.65. The van der Waals surface area contributed by atoms with Gasteiger partial charge in [0.15, 0.2) is 5.65 Å². The fourth-order valence-corrected chi connectivity index (χ4v) is 4.57. The van der Waals surface area contributed by atoms with E-state index in [1.165, 1.54) is 36.0 Å². The van der Waals surface area contributed by atoms with Crippen LogP contribution in [0, 0.1) is 0 Å². The van der Waals surface area contributed by atoms with Crippen LogP contribution in [0.25, 0.3) is 22.1 Å². The lowest BCUT2D eigenvalue weighted by Crippen LogP contribution is -2.25. The molecule has 0 aliphatic carbocycles. The molecule has 0 bridgehead atoms. The smallest absolute Gasteiger partial charge is 0.238 e. The number of nitrogens with one attached hydrogen (secondary N) is 1. The van der Waals surface area contributed by atoms with Crippen molar-refractivity contribution in [3.63, 3.8) is 0 Å². The zero-order valence-electron chi connectivity index (χ0n) is 16.8. The Hall–Kier alpha value is -3.02. The highest BCUT2D eigenvalue weighted by Gasteiger charge is 2.21. The summed E-state index contributed by atoms with van der Waals surface area (Å²) in [5, 5.41) is 17.4. The van der Waals surface area contributed by atoms with E-state index < -0.39 is 15.3 Å². The summed E-state index contributed by atoms with van der Waals surface area (Å²) >= 11 is 1.23. The van der Waals surface area contributed by atoms with Crippen LogP contribution in [0.3, 0.4) is 0 Å². The number of thioether (sulfide) groups is 1. The zero-order chi connectivity index (χ0) is 22.2.